The fraction of sp³-hybridized carbons (Fsp3) is 0.500. The fourth-order valence-corrected chi connectivity index (χ4v) is 5.65. The highest BCUT2D eigenvalue weighted by Crippen LogP contribution is 2.49. The second-order valence-electron chi connectivity index (χ2n) is 8.10. The average Bonchev–Trinajstić information content (AvgIpc) is 3.40. The summed E-state index contributed by atoms with van der Waals surface area (Å²) in [5.74, 6) is 2.51. The first-order chi connectivity index (χ1) is 14.0. The molecule has 154 valence electrons. The first kappa shape index (κ1) is 20.0. The molecule has 4 rings (SSSR count). The molecule has 6 nitrogen and oxygen atoms in total. The van der Waals surface area contributed by atoms with Gasteiger partial charge in [0.15, 0.2) is 0 Å². The minimum atomic E-state index is -0.307. The molecule has 1 aromatic rings. The number of nitrogens with one attached hydrogen (secondary N) is 1. The Kier molecular flexibility index (Phi) is 5.94. The van der Waals surface area contributed by atoms with Crippen LogP contribution in [-0.2, 0) is 9.59 Å². The van der Waals surface area contributed by atoms with E-state index in [4.69, 9.17) is 4.74 Å². The summed E-state index contributed by atoms with van der Waals surface area (Å²) in [5.41, 5.74) is 0.829. The summed E-state index contributed by atoms with van der Waals surface area (Å²) in [7, 11) is 1.59. The van der Waals surface area contributed by atoms with E-state index in [1.807, 2.05) is 24.3 Å². The van der Waals surface area contributed by atoms with Crippen molar-refractivity contribution in [3.05, 3.63) is 34.7 Å². The van der Waals surface area contributed by atoms with Crippen molar-refractivity contribution in [2.24, 2.45) is 17.8 Å². The van der Waals surface area contributed by atoms with Gasteiger partial charge < -0.3 is 10.1 Å². The number of rotatable bonds is 7. The van der Waals surface area contributed by atoms with E-state index < -0.39 is 0 Å². The van der Waals surface area contributed by atoms with Gasteiger partial charge in [0.1, 0.15) is 5.75 Å². The van der Waals surface area contributed by atoms with Gasteiger partial charge in [-0.25, -0.2) is 0 Å². The molecular weight excluding hydrogens is 388 g/mol. The standard InChI is InChI=1S/C22H26N2O4S/c1-28-18-6-3-14(4-7-18)12-19-21(26)24(22(27)29-19)9-8-23-20(25)13-17-11-15-2-5-16(17)10-15/h3-4,6-7,12,15-17H,2,5,8-11,13H2,1H3,(H,23,25)/b19-12-/t15-,16+,17-/m0/s1. The van der Waals surface area contributed by atoms with Gasteiger partial charge in [-0.15, -0.1) is 0 Å². The molecule has 7 heteroatoms. The molecule has 1 heterocycles. The Morgan fingerprint density at radius 2 is 2.03 bits per heavy atom. The molecule has 0 aromatic heterocycles. The Balaban J connectivity index is 1.26. The van der Waals surface area contributed by atoms with Gasteiger partial charge in [-0.2, -0.15) is 0 Å². The van der Waals surface area contributed by atoms with Crippen LogP contribution in [0.5, 0.6) is 5.75 Å². The van der Waals surface area contributed by atoms with Crippen molar-refractivity contribution in [1.82, 2.24) is 10.2 Å². The number of carbonyl (C=O) groups excluding carboxylic acids is 3. The second-order valence-corrected chi connectivity index (χ2v) is 9.09. The zero-order valence-corrected chi connectivity index (χ0v) is 17.4. The van der Waals surface area contributed by atoms with Crippen molar-refractivity contribution in [3.63, 3.8) is 0 Å². The normalized spacial score (nSPS) is 27.1. The predicted molar refractivity (Wildman–Crippen MR) is 112 cm³/mol. The van der Waals surface area contributed by atoms with Crippen LogP contribution in [0.3, 0.4) is 0 Å². The maximum atomic E-state index is 12.6. The van der Waals surface area contributed by atoms with Gasteiger partial charge in [-0.05, 0) is 72.6 Å². The van der Waals surface area contributed by atoms with Crippen LogP contribution in [0, 0.1) is 17.8 Å². The van der Waals surface area contributed by atoms with Gasteiger partial charge in [0.2, 0.25) is 5.91 Å². The number of fused-ring (bicyclic) bond motifs is 2. The van der Waals surface area contributed by atoms with Gasteiger partial charge in [0.05, 0.1) is 12.0 Å². The van der Waals surface area contributed by atoms with Crippen molar-refractivity contribution in [1.29, 1.82) is 0 Å². The van der Waals surface area contributed by atoms with E-state index in [-0.39, 0.29) is 23.6 Å². The molecule has 0 radical (unpaired) electrons. The van der Waals surface area contributed by atoms with Crippen LogP contribution in [0.1, 0.15) is 37.7 Å². The SMILES string of the molecule is COc1ccc(/C=C2\SC(=O)N(CCNC(=O)C[C@@H]3C[C@H]4CC[C@@H]3C4)C2=O)cc1. The van der Waals surface area contributed by atoms with E-state index in [9.17, 15) is 14.4 Å². The van der Waals surface area contributed by atoms with E-state index in [2.05, 4.69) is 5.32 Å². The van der Waals surface area contributed by atoms with Crippen molar-refractivity contribution < 1.29 is 19.1 Å². The van der Waals surface area contributed by atoms with Gasteiger partial charge in [0, 0.05) is 19.5 Å². The third-order valence-corrected chi connectivity index (χ3v) is 7.18. The maximum Gasteiger partial charge on any atom is 0.293 e. The zero-order chi connectivity index (χ0) is 20.4. The highest BCUT2D eigenvalue weighted by atomic mass is 32.2. The third kappa shape index (κ3) is 4.50. The molecule has 3 fully saturated rings. The summed E-state index contributed by atoms with van der Waals surface area (Å²) in [5, 5.41) is 2.59. The predicted octanol–water partition coefficient (Wildman–Crippen LogP) is 3.67. The third-order valence-electron chi connectivity index (χ3n) is 6.28. The molecule has 1 N–H and O–H groups in total. The lowest BCUT2D eigenvalue weighted by molar-refractivity contribution is -0.124. The Morgan fingerprint density at radius 3 is 2.69 bits per heavy atom. The van der Waals surface area contributed by atoms with Crippen molar-refractivity contribution >= 4 is 34.9 Å². The molecular formula is C22H26N2O4S. The molecule has 2 aliphatic carbocycles. The van der Waals surface area contributed by atoms with Crippen LogP contribution in [-0.4, -0.2) is 42.2 Å². The number of carbonyl (C=O) groups is 3. The Bertz CT molecular complexity index is 836. The average molecular weight is 415 g/mol. The molecule has 2 saturated carbocycles. The Hall–Kier alpha value is -2.28. The van der Waals surface area contributed by atoms with E-state index in [1.165, 1.54) is 30.6 Å². The monoisotopic (exact) mass is 414 g/mol. The topological polar surface area (TPSA) is 75.7 Å². The number of ether oxygens (including phenoxy) is 1. The van der Waals surface area contributed by atoms with Crippen molar-refractivity contribution in [2.75, 3.05) is 20.2 Å². The molecule has 0 spiro atoms. The minimum absolute atomic E-state index is 0.0308. The van der Waals surface area contributed by atoms with Gasteiger partial charge in [-0.1, -0.05) is 18.6 Å². The lowest BCUT2D eigenvalue weighted by atomic mass is 9.86. The number of methoxy groups -OCH3 is 1. The smallest absolute Gasteiger partial charge is 0.293 e. The van der Waals surface area contributed by atoms with E-state index in [0.717, 1.165) is 34.9 Å². The molecule has 1 saturated heterocycles. The lowest BCUT2D eigenvalue weighted by Gasteiger charge is -2.21. The molecule has 3 aliphatic rings. The second kappa shape index (κ2) is 8.61. The Labute approximate surface area is 175 Å². The van der Waals surface area contributed by atoms with E-state index in [1.54, 1.807) is 13.2 Å². The molecule has 1 aliphatic heterocycles. The summed E-state index contributed by atoms with van der Waals surface area (Å²) in [4.78, 5) is 38.6. The molecule has 3 atom stereocenters. The van der Waals surface area contributed by atoms with E-state index in [0.29, 0.717) is 23.8 Å². The van der Waals surface area contributed by atoms with Crippen molar-refractivity contribution in [2.45, 2.75) is 32.1 Å². The Morgan fingerprint density at radius 1 is 1.24 bits per heavy atom. The molecule has 3 amide bonds. The summed E-state index contributed by atoms with van der Waals surface area (Å²) in [6.07, 6.45) is 7.33. The number of nitrogens with zero attached hydrogens (tertiary/aromatic N) is 1. The van der Waals surface area contributed by atoms with Crippen LogP contribution in [0.4, 0.5) is 4.79 Å². The van der Waals surface area contributed by atoms with E-state index >= 15 is 0 Å². The summed E-state index contributed by atoms with van der Waals surface area (Å²) >= 11 is 0.934. The van der Waals surface area contributed by atoms with Crippen LogP contribution in [0.15, 0.2) is 29.2 Å². The fourth-order valence-electron chi connectivity index (χ4n) is 4.79. The highest BCUT2D eigenvalue weighted by molar-refractivity contribution is 8.18. The first-order valence-corrected chi connectivity index (χ1v) is 11.0. The quantitative estimate of drug-likeness (QED) is 0.689. The number of benzene rings is 1. The van der Waals surface area contributed by atoms with Crippen LogP contribution >= 0.6 is 11.8 Å². The van der Waals surface area contributed by atoms with Crippen LogP contribution in [0.25, 0.3) is 6.08 Å². The number of hydrogen-bond acceptors (Lipinski definition) is 5. The maximum absolute atomic E-state index is 12.6. The number of thioether (sulfide) groups is 1. The number of amides is 3. The van der Waals surface area contributed by atoms with Gasteiger partial charge in [-0.3, -0.25) is 19.3 Å². The minimum Gasteiger partial charge on any atom is -0.497 e. The largest absolute Gasteiger partial charge is 0.497 e. The number of hydrogen-bond donors (Lipinski definition) is 1. The molecule has 2 bridgehead atoms. The van der Waals surface area contributed by atoms with Gasteiger partial charge >= 0.3 is 0 Å². The van der Waals surface area contributed by atoms with Crippen LogP contribution < -0.4 is 10.1 Å². The first-order valence-electron chi connectivity index (χ1n) is 10.2. The molecule has 1 aromatic carbocycles. The summed E-state index contributed by atoms with van der Waals surface area (Å²) < 4.78 is 5.12. The summed E-state index contributed by atoms with van der Waals surface area (Å²) in [6.45, 7) is 0.501. The summed E-state index contributed by atoms with van der Waals surface area (Å²) in [6, 6.07) is 7.29. The zero-order valence-electron chi connectivity index (χ0n) is 16.6. The van der Waals surface area contributed by atoms with Crippen LogP contribution in [0.2, 0.25) is 0 Å². The van der Waals surface area contributed by atoms with Crippen molar-refractivity contribution in [3.8, 4) is 5.75 Å². The van der Waals surface area contributed by atoms with Gasteiger partial charge in [0.25, 0.3) is 11.1 Å². The molecule has 0 unspecified atom stereocenters. The lowest BCUT2D eigenvalue weighted by Crippen LogP contribution is -2.38. The number of imide groups is 1. The highest BCUT2D eigenvalue weighted by Gasteiger charge is 2.40. The molecule has 29 heavy (non-hydrogen) atoms.